The van der Waals surface area contributed by atoms with Crippen LogP contribution in [0.1, 0.15) is 45.1 Å². The summed E-state index contributed by atoms with van der Waals surface area (Å²) in [6, 6.07) is 10.9. The van der Waals surface area contributed by atoms with Crippen molar-refractivity contribution < 1.29 is 0 Å². The van der Waals surface area contributed by atoms with Crippen molar-refractivity contribution in [2.45, 2.75) is 39.5 Å². The fourth-order valence-corrected chi connectivity index (χ4v) is 4.21. The van der Waals surface area contributed by atoms with E-state index in [1.165, 1.54) is 24.9 Å². The lowest BCUT2D eigenvalue weighted by molar-refractivity contribution is 0.255. The third kappa shape index (κ3) is 5.00. The third-order valence-corrected chi connectivity index (χ3v) is 5.96. The summed E-state index contributed by atoms with van der Waals surface area (Å²) < 4.78 is 0. The van der Waals surface area contributed by atoms with E-state index in [1.54, 1.807) is 0 Å². The lowest BCUT2D eigenvalue weighted by Crippen LogP contribution is -2.41. The molecule has 0 bridgehead atoms. The zero-order chi connectivity index (χ0) is 18.4. The minimum Gasteiger partial charge on any atom is -0.357 e. The predicted octanol–water partition coefficient (Wildman–Crippen LogP) is 3.42. The Morgan fingerprint density at radius 1 is 1.19 bits per heavy atom. The molecular weight excluding hydrogens is 320 g/mol. The summed E-state index contributed by atoms with van der Waals surface area (Å²) in [6.45, 7) is 14.4. The highest BCUT2D eigenvalue weighted by molar-refractivity contribution is 5.80. The van der Waals surface area contributed by atoms with E-state index in [9.17, 15) is 0 Å². The average molecular weight is 357 g/mol. The van der Waals surface area contributed by atoms with Gasteiger partial charge in [0.2, 0.25) is 0 Å². The summed E-state index contributed by atoms with van der Waals surface area (Å²) in [4.78, 5) is 10.0. The first-order valence-electron chi connectivity index (χ1n) is 10.6. The van der Waals surface area contributed by atoms with E-state index in [0.29, 0.717) is 0 Å². The van der Waals surface area contributed by atoms with Gasteiger partial charge >= 0.3 is 0 Å². The molecule has 1 aromatic carbocycles. The van der Waals surface area contributed by atoms with Crippen LogP contribution in [0.15, 0.2) is 35.3 Å². The average Bonchev–Trinajstić information content (AvgIpc) is 3.32. The molecule has 4 heteroatoms. The molecule has 0 spiro atoms. The molecule has 1 saturated carbocycles. The number of hydrogen-bond donors (Lipinski definition) is 1. The lowest BCUT2D eigenvalue weighted by atomic mass is 10.1. The van der Waals surface area contributed by atoms with Gasteiger partial charge in [-0.2, -0.15) is 0 Å². The number of nitrogens with zero attached hydrogens (tertiary/aromatic N) is 3. The van der Waals surface area contributed by atoms with Crippen LogP contribution in [0.25, 0.3) is 0 Å². The van der Waals surface area contributed by atoms with E-state index in [1.807, 2.05) is 0 Å². The SMILES string of the molecule is CCNC(=NCC1CC1c1ccccc1)N1CCC(CN(CC)CC)C1. The van der Waals surface area contributed by atoms with Gasteiger partial charge in [0.15, 0.2) is 5.96 Å². The van der Waals surface area contributed by atoms with Crippen LogP contribution < -0.4 is 5.32 Å². The predicted molar refractivity (Wildman–Crippen MR) is 111 cm³/mol. The molecule has 1 aliphatic carbocycles. The van der Waals surface area contributed by atoms with E-state index in [2.05, 4.69) is 66.2 Å². The van der Waals surface area contributed by atoms with E-state index < -0.39 is 0 Å². The first kappa shape index (κ1) is 19.2. The molecule has 0 amide bonds. The van der Waals surface area contributed by atoms with Crippen molar-refractivity contribution in [2.75, 3.05) is 45.8 Å². The van der Waals surface area contributed by atoms with Crippen molar-refractivity contribution in [3.63, 3.8) is 0 Å². The lowest BCUT2D eigenvalue weighted by Gasteiger charge is -2.24. The number of aliphatic imine (C=N–C) groups is 1. The number of hydrogen-bond acceptors (Lipinski definition) is 2. The van der Waals surface area contributed by atoms with Gasteiger partial charge in [-0.05, 0) is 56.2 Å². The Morgan fingerprint density at radius 3 is 2.65 bits per heavy atom. The van der Waals surface area contributed by atoms with Crippen LogP contribution in [-0.2, 0) is 0 Å². The summed E-state index contributed by atoms with van der Waals surface area (Å²) in [5.74, 6) is 3.35. The van der Waals surface area contributed by atoms with Crippen molar-refractivity contribution in [3.8, 4) is 0 Å². The van der Waals surface area contributed by atoms with E-state index in [-0.39, 0.29) is 0 Å². The van der Waals surface area contributed by atoms with E-state index >= 15 is 0 Å². The maximum atomic E-state index is 5.00. The highest BCUT2D eigenvalue weighted by atomic mass is 15.3. The monoisotopic (exact) mass is 356 g/mol. The van der Waals surface area contributed by atoms with Crippen molar-refractivity contribution in [1.82, 2.24) is 15.1 Å². The first-order valence-corrected chi connectivity index (χ1v) is 10.6. The summed E-state index contributed by atoms with van der Waals surface area (Å²) in [5.41, 5.74) is 1.48. The molecule has 0 aromatic heterocycles. The summed E-state index contributed by atoms with van der Waals surface area (Å²) in [7, 11) is 0. The minimum absolute atomic E-state index is 0.719. The first-order chi connectivity index (χ1) is 12.7. The van der Waals surface area contributed by atoms with Gasteiger partial charge in [0.05, 0.1) is 0 Å². The standard InChI is InChI=1S/C22H36N4/c1-4-23-22(26-13-12-18(17-26)16-25(5-2)6-3)24-15-20-14-21(20)19-10-8-7-9-11-19/h7-11,18,20-21H,4-6,12-17H2,1-3H3,(H,23,24). The highest BCUT2D eigenvalue weighted by Crippen LogP contribution is 2.47. The Hall–Kier alpha value is -1.55. The molecule has 1 N–H and O–H groups in total. The van der Waals surface area contributed by atoms with Crippen LogP contribution in [0, 0.1) is 11.8 Å². The summed E-state index contributed by atoms with van der Waals surface area (Å²) in [6.07, 6.45) is 2.58. The number of rotatable bonds is 8. The number of guanidine groups is 1. The summed E-state index contributed by atoms with van der Waals surface area (Å²) in [5, 5.41) is 3.53. The summed E-state index contributed by atoms with van der Waals surface area (Å²) >= 11 is 0. The molecule has 144 valence electrons. The van der Waals surface area contributed by atoms with E-state index in [0.717, 1.165) is 63.0 Å². The normalized spacial score (nSPS) is 25.8. The molecule has 1 saturated heterocycles. The molecule has 1 heterocycles. The Labute approximate surface area is 159 Å². The molecule has 1 aliphatic heterocycles. The quantitative estimate of drug-likeness (QED) is 0.572. The molecule has 4 nitrogen and oxygen atoms in total. The smallest absolute Gasteiger partial charge is 0.193 e. The van der Waals surface area contributed by atoms with Gasteiger partial charge in [0, 0.05) is 32.7 Å². The van der Waals surface area contributed by atoms with Gasteiger partial charge in [-0.25, -0.2) is 0 Å². The topological polar surface area (TPSA) is 30.9 Å². The van der Waals surface area contributed by atoms with Crippen LogP contribution in [-0.4, -0.2) is 61.6 Å². The number of benzene rings is 1. The minimum atomic E-state index is 0.719. The van der Waals surface area contributed by atoms with Crippen LogP contribution in [0.2, 0.25) is 0 Å². The van der Waals surface area contributed by atoms with Gasteiger partial charge in [0.1, 0.15) is 0 Å². The van der Waals surface area contributed by atoms with Crippen LogP contribution in [0.3, 0.4) is 0 Å². The fraction of sp³-hybridized carbons (Fsp3) is 0.682. The molecule has 3 unspecified atom stereocenters. The Balaban J connectivity index is 1.52. The molecule has 2 fully saturated rings. The molecule has 3 atom stereocenters. The highest BCUT2D eigenvalue weighted by Gasteiger charge is 2.38. The van der Waals surface area contributed by atoms with Crippen LogP contribution in [0.5, 0.6) is 0 Å². The molecule has 3 rings (SSSR count). The Morgan fingerprint density at radius 2 is 1.96 bits per heavy atom. The molecule has 2 aliphatic rings. The zero-order valence-electron chi connectivity index (χ0n) is 16.8. The van der Waals surface area contributed by atoms with Crippen LogP contribution in [0.4, 0.5) is 0 Å². The second-order valence-corrected chi connectivity index (χ2v) is 7.79. The largest absolute Gasteiger partial charge is 0.357 e. The van der Waals surface area contributed by atoms with Crippen molar-refractivity contribution in [1.29, 1.82) is 0 Å². The zero-order valence-corrected chi connectivity index (χ0v) is 16.8. The van der Waals surface area contributed by atoms with Gasteiger partial charge in [-0.1, -0.05) is 44.2 Å². The van der Waals surface area contributed by atoms with Crippen LogP contribution >= 0.6 is 0 Å². The molecular formula is C22H36N4. The molecule has 26 heavy (non-hydrogen) atoms. The maximum Gasteiger partial charge on any atom is 0.193 e. The molecule has 1 aromatic rings. The van der Waals surface area contributed by atoms with Crippen molar-refractivity contribution in [3.05, 3.63) is 35.9 Å². The maximum absolute atomic E-state index is 5.00. The number of nitrogens with one attached hydrogen (secondary N) is 1. The second kappa shape index (κ2) is 9.40. The van der Waals surface area contributed by atoms with Crippen molar-refractivity contribution >= 4 is 5.96 Å². The van der Waals surface area contributed by atoms with Gasteiger partial charge in [-0.3, -0.25) is 4.99 Å². The fourth-order valence-electron chi connectivity index (χ4n) is 4.21. The van der Waals surface area contributed by atoms with E-state index in [4.69, 9.17) is 4.99 Å². The third-order valence-electron chi connectivity index (χ3n) is 5.96. The van der Waals surface area contributed by atoms with Gasteiger partial charge in [-0.15, -0.1) is 0 Å². The van der Waals surface area contributed by atoms with Crippen molar-refractivity contribution in [2.24, 2.45) is 16.8 Å². The number of likely N-dealkylation sites (tertiary alicyclic amines) is 1. The Bertz CT molecular complexity index is 567. The molecule has 0 radical (unpaired) electrons. The Kier molecular flexibility index (Phi) is 6.95. The second-order valence-electron chi connectivity index (χ2n) is 7.79. The van der Waals surface area contributed by atoms with Gasteiger partial charge < -0.3 is 15.1 Å². The van der Waals surface area contributed by atoms with Gasteiger partial charge in [0.25, 0.3) is 0 Å².